The van der Waals surface area contributed by atoms with E-state index in [1.165, 1.54) is 12.1 Å². The first kappa shape index (κ1) is 13.1. The Labute approximate surface area is 101 Å². The van der Waals surface area contributed by atoms with Crippen LogP contribution in [0.1, 0.15) is 37.0 Å². The van der Waals surface area contributed by atoms with Gasteiger partial charge in [0.15, 0.2) is 6.10 Å². The van der Waals surface area contributed by atoms with Gasteiger partial charge in [-0.05, 0) is 45.1 Å². The first-order valence-corrected chi connectivity index (χ1v) is 5.53. The normalized spacial score (nSPS) is 12.9. The summed E-state index contributed by atoms with van der Waals surface area (Å²) in [5, 5.41) is 18.0. The van der Waals surface area contributed by atoms with Crippen molar-refractivity contribution in [3.05, 3.63) is 33.5 Å². The number of halogens is 2. The fourth-order valence-corrected chi connectivity index (χ4v) is 1.85. The Bertz CT molecular complexity index is 418. The monoisotopic (exact) mass is 290 g/mol. The number of carboxylic acids is 1. The van der Waals surface area contributed by atoms with Gasteiger partial charge in [-0.25, -0.2) is 9.18 Å². The highest BCUT2D eigenvalue weighted by molar-refractivity contribution is 9.10. The second-order valence-electron chi connectivity index (χ2n) is 3.80. The standard InChI is InChI=1S/C11H12BrFO3/c1-5(2)7-3-6(10(14)11(15)16)4-8(12)9(7)13/h3-5,10,14H,1-2H3,(H,15,16). The van der Waals surface area contributed by atoms with Crippen molar-refractivity contribution in [3.8, 4) is 0 Å². The van der Waals surface area contributed by atoms with E-state index < -0.39 is 17.9 Å². The Kier molecular flexibility index (Phi) is 4.04. The maximum atomic E-state index is 13.6. The molecule has 0 bridgehead atoms. The van der Waals surface area contributed by atoms with E-state index in [2.05, 4.69) is 15.9 Å². The molecule has 0 spiro atoms. The van der Waals surface area contributed by atoms with Crippen LogP contribution in [0.3, 0.4) is 0 Å². The zero-order chi connectivity index (χ0) is 12.5. The summed E-state index contributed by atoms with van der Waals surface area (Å²) in [6.45, 7) is 3.59. The topological polar surface area (TPSA) is 57.5 Å². The van der Waals surface area contributed by atoms with E-state index in [0.29, 0.717) is 5.56 Å². The molecular formula is C11H12BrFO3. The summed E-state index contributed by atoms with van der Waals surface area (Å²) >= 11 is 3.00. The van der Waals surface area contributed by atoms with Gasteiger partial charge in [-0.1, -0.05) is 13.8 Å². The summed E-state index contributed by atoms with van der Waals surface area (Å²) in [4.78, 5) is 10.6. The fraction of sp³-hybridized carbons (Fsp3) is 0.364. The minimum Gasteiger partial charge on any atom is -0.479 e. The molecule has 3 nitrogen and oxygen atoms in total. The number of aliphatic carboxylic acids is 1. The number of aliphatic hydroxyl groups is 1. The maximum Gasteiger partial charge on any atom is 0.337 e. The van der Waals surface area contributed by atoms with Crippen LogP contribution in [-0.2, 0) is 4.79 Å². The van der Waals surface area contributed by atoms with Crippen molar-refractivity contribution in [2.24, 2.45) is 0 Å². The molecule has 0 amide bonds. The summed E-state index contributed by atoms with van der Waals surface area (Å²) < 4.78 is 13.8. The second-order valence-corrected chi connectivity index (χ2v) is 4.66. The van der Waals surface area contributed by atoms with Crippen LogP contribution < -0.4 is 0 Å². The van der Waals surface area contributed by atoms with Crippen LogP contribution in [0.2, 0.25) is 0 Å². The summed E-state index contributed by atoms with van der Waals surface area (Å²) in [5.41, 5.74) is 0.550. The van der Waals surface area contributed by atoms with Gasteiger partial charge in [-0.15, -0.1) is 0 Å². The molecule has 5 heteroatoms. The van der Waals surface area contributed by atoms with Crippen molar-refractivity contribution >= 4 is 21.9 Å². The van der Waals surface area contributed by atoms with Crippen LogP contribution in [0.5, 0.6) is 0 Å². The molecule has 0 aliphatic heterocycles. The van der Waals surface area contributed by atoms with Gasteiger partial charge < -0.3 is 10.2 Å². The lowest BCUT2D eigenvalue weighted by atomic mass is 9.98. The number of carboxylic acid groups (broad SMARTS) is 1. The molecule has 16 heavy (non-hydrogen) atoms. The molecule has 0 radical (unpaired) electrons. The maximum absolute atomic E-state index is 13.6. The third-order valence-electron chi connectivity index (χ3n) is 2.25. The van der Waals surface area contributed by atoms with Crippen molar-refractivity contribution < 1.29 is 19.4 Å². The van der Waals surface area contributed by atoms with Crippen LogP contribution in [0.4, 0.5) is 4.39 Å². The highest BCUT2D eigenvalue weighted by Crippen LogP contribution is 2.29. The average Bonchev–Trinajstić information content (AvgIpc) is 2.20. The van der Waals surface area contributed by atoms with E-state index in [-0.39, 0.29) is 16.0 Å². The molecule has 0 fully saturated rings. The molecule has 1 atom stereocenters. The molecule has 1 aromatic rings. The zero-order valence-corrected chi connectivity index (χ0v) is 10.5. The minimum absolute atomic E-state index is 0.0859. The Balaban J connectivity index is 3.29. The van der Waals surface area contributed by atoms with Crippen molar-refractivity contribution in [2.75, 3.05) is 0 Å². The number of aliphatic hydroxyl groups excluding tert-OH is 1. The third-order valence-corrected chi connectivity index (χ3v) is 2.83. The number of carbonyl (C=O) groups is 1. The largest absolute Gasteiger partial charge is 0.479 e. The van der Waals surface area contributed by atoms with Crippen LogP contribution in [0, 0.1) is 5.82 Å². The van der Waals surface area contributed by atoms with Gasteiger partial charge in [0, 0.05) is 0 Å². The van der Waals surface area contributed by atoms with E-state index in [1.807, 2.05) is 0 Å². The molecule has 2 N–H and O–H groups in total. The van der Waals surface area contributed by atoms with Crippen molar-refractivity contribution in [2.45, 2.75) is 25.9 Å². The highest BCUT2D eigenvalue weighted by atomic mass is 79.9. The molecule has 0 saturated carbocycles. The molecule has 1 unspecified atom stereocenters. The quantitative estimate of drug-likeness (QED) is 0.900. The number of rotatable bonds is 3. The van der Waals surface area contributed by atoms with Crippen LogP contribution >= 0.6 is 15.9 Å². The lowest BCUT2D eigenvalue weighted by Crippen LogP contribution is -2.11. The molecular weight excluding hydrogens is 279 g/mol. The number of benzene rings is 1. The van der Waals surface area contributed by atoms with Gasteiger partial charge in [-0.2, -0.15) is 0 Å². The highest BCUT2D eigenvalue weighted by Gasteiger charge is 2.20. The van der Waals surface area contributed by atoms with Gasteiger partial charge in [0.1, 0.15) is 5.82 Å². The summed E-state index contributed by atoms with van der Waals surface area (Å²) in [6.07, 6.45) is -1.63. The predicted octanol–water partition coefficient (Wildman–Crippen LogP) is 2.83. The van der Waals surface area contributed by atoms with E-state index in [4.69, 9.17) is 5.11 Å². The molecule has 0 aliphatic rings. The van der Waals surface area contributed by atoms with Crippen molar-refractivity contribution in [1.29, 1.82) is 0 Å². The number of hydrogen-bond donors (Lipinski definition) is 2. The average molecular weight is 291 g/mol. The lowest BCUT2D eigenvalue weighted by Gasteiger charge is -2.13. The van der Waals surface area contributed by atoms with Gasteiger partial charge in [0.05, 0.1) is 4.47 Å². The number of hydrogen-bond acceptors (Lipinski definition) is 2. The minimum atomic E-state index is -1.63. The second kappa shape index (κ2) is 4.93. The van der Waals surface area contributed by atoms with Crippen LogP contribution in [0.15, 0.2) is 16.6 Å². The van der Waals surface area contributed by atoms with Crippen molar-refractivity contribution in [1.82, 2.24) is 0 Å². The molecule has 1 aromatic carbocycles. The molecule has 0 heterocycles. The molecule has 0 aliphatic carbocycles. The zero-order valence-electron chi connectivity index (χ0n) is 8.87. The van der Waals surface area contributed by atoms with E-state index in [0.717, 1.165) is 0 Å². The van der Waals surface area contributed by atoms with Crippen LogP contribution in [0.25, 0.3) is 0 Å². The van der Waals surface area contributed by atoms with E-state index >= 15 is 0 Å². The van der Waals surface area contributed by atoms with Gasteiger partial charge in [0.25, 0.3) is 0 Å². The molecule has 0 aromatic heterocycles. The Morgan fingerprint density at radius 3 is 2.44 bits per heavy atom. The summed E-state index contributed by atoms with van der Waals surface area (Å²) in [7, 11) is 0. The molecule has 88 valence electrons. The van der Waals surface area contributed by atoms with Gasteiger partial charge >= 0.3 is 5.97 Å². The predicted molar refractivity (Wildman–Crippen MR) is 60.8 cm³/mol. The van der Waals surface area contributed by atoms with Gasteiger partial charge in [-0.3, -0.25) is 0 Å². The SMILES string of the molecule is CC(C)c1cc(C(O)C(=O)O)cc(Br)c1F. The Morgan fingerprint density at radius 2 is 2.00 bits per heavy atom. The fourth-order valence-electron chi connectivity index (χ4n) is 1.35. The summed E-state index contributed by atoms with van der Waals surface area (Å²) in [6, 6.07) is 2.66. The van der Waals surface area contributed by atoms with E-state index in [9.17, 15) is 14.3 Å². The first-order chi connectivity index (χ1) is 7.34. The lowest BCUT2D eigenvalue weighted by molar-refractivity contribution is -0.146. The smallest absolute Gasteiger partial charge is 0.337 e. The van der Waals surface area contributed by atoms with Crippen molar-refractivity contribution in [3.63, 3.8) is 0 Å². The summed E-state index contributed by atoms with van der Waals surface area (Å²) in [5.74, 6) is -1.86. The van der Waals surface area contributed by atoms with Crippen LogP contribution in [-0.4, -0.2) is 16.2 Å². The molecule has 1 rings (SSSR count). The first-order valence-electron chi connectivity index (χ1n) is 4.74. The molecule has 0 saturated heterocycles. The van der Waals surface area contributed by atoms with E-state index in [1.54, 1.807) is 13.8 Å². The Morgan fingerprint density at radius 1 is 1.44 bits per heavy atom. The third kappa shape index (κ3) is 2.59. The Hall–Kier alpha value is -0.940. The van der Waals surface area contributed by atoms with Gasteiger partial charge in [0.2, 0.25) is 0 Å².